The molecule has 4 nitrogen and oxygen atoms in total. The summed E-state index contributed by atoms with van der Waals surface area (Å²) in [6, 6.07) is 0. The second-order valence-corrected chi connectivity index (χ2v) is 2.21. The van der Waals surface area contributed by atoms with Gasteiger partial charge in [0, 0.05) is 14.2 Å². The number of ether oxygens (including phenoxy) is 4. The first kappa shape index (κ1) is 16.1. The summed E-state index contributed by atoms with van der Waals surface area (Å²) >= 11 is 0. The van der Waals surface area contributed by atoms with Gasteiger partial charge in [-0.05, 0) is 0 Å². The molecule has 13 heavy (non-hydrogen) atoms. The van der Waals surface area contributed by atoms with E-state index in [9.17, 15) is 0 Å². The smallest absolute Gasteiger partial charge is 0.316 e. The molecule has 0 spiro atoms. The first-order valence-electron chi connectivity index (χ1n) is 4.05. The summed E-state index contributed by atoms with van der Waals surface area (Å²) in [5.41, 5.74) is 0. The number of rotatable bonds is 9. The second-order valence-electron chi connectivity index (χ2n) is 2.21. The van der Waals surface area contributed by atoms with Crippen LogP contribution >= 0.6 is 0 Å². The summed E-state index contributed by atoms with van der Waals surface area (Å²) in [5.74, 6) is 0. The third-order valence-corrected chi connectivity index (χ3v) is 1.24. The molecular weight excluding hydrogens is 184 g/mol. The molecule has 0 atom stereocenters. The predicted molar refractivity (Wildman–Crippen MR) is 53.9 cm³/mol. The van der Waals surface area contributed by atoms with Crippen molar-refractivity contribution in [2.75, 3.05) is 53.9 Å². The summed E-state index contributed by atoms with van der Waals surface area (Å²) in [4.78, 5) is 0. The highest BCUT2D eigenvalue weighted by Crippen LogP contribution is 1.79. The molecule has 0 aliphatic carbocycles. The van der Waals surface area contributed by atoms with Gasteiger partial charge in [0.25, 0.3) is 0 Å². The summed E-state index contributed by atoms with van der Waals surface area (Å²) in [6.45, 7) is 3.77. The van der Waals surface area contributed by atoms with Crippen LogP contribution in [0.15, 0.2) is 0 Å². The van der Waals surface area contributed by atoms with Crippen molar-refractivity contribution >= 4 is 23.1 Å². The van der Waals surface area contributed by atoms with E-state index in [1.807, 2.05) is 0 Å². The molecule has 0 rings (SSSR count). The van der Waals surface area contributed by atoms with Crippen molar-refractivity contribution < 1.29 is 18.9 Å². The summed E-state index contributed by atoms with van der Waals surface area (Å²) in [7, 11) is 3.30. The van der Waals surface area contributed by atoms with Crippen molar-refractivity contribution in [2.24, 2.45) is 0 Å². The fraction of sp³-hybridized carbons (Fsp3) is 1.00. The van der Waals surface area contributed by atoms with Crippen LogP contribution in [0.5, 0.6) is 0 Å². The second kappa shape index (κ2) is 15.1. The van der Waals surface area contributed by atoms with E-state index < -0.39 is 0 Å². The minimum atomic E-state index is 0. The van der Waals surface area contributed by atoms with E-state index in [1.165, 1.54) is 0 Å². The molecular formula is C8H20MgO4. The maximum absolute atomic E-state index is 5.16. The van der Waals surface area contributed by atoms with E-state index in [0.29, 0.717) is 39.6 Å². The largest absolute Gasteiger partial charge is 0.382 e. The Kier molecular flexibility index (Phi) is 18.6. The monoisotopic (exact) mass is 204 g/mol. The molecule has 0 bridgehead atoms. The van der Waals surface area contributed by atoms with Crippen LogP contribution in [-0.2, 0) is 18.9 Å². The first-order valence-corrected chi connectivity index (χ1v) is 4.05. The average Bonchev–Trinajstić information content (AvgIpc) is 2.10. The molecule has 0 N–H and O–H groups in total. The third-order valence-electron chi connectivity index (χ3n) is 1.24. The van der Waals surface area contributed by atoms with Crippen LogP contribution in [0, 0.1) is 0 Å². The van der Waals surface area contributed by atoms with Gasteiger partial charge in [-0.1, -0.05) is 0 Å². The lowest BCUT2D eigenvalue weighted by molar-refractivity contribution is 0.0106. The molecule has 0 saturated carbocycles. The molecule has 5 heteroatoms. The maximum Gasteiger partial charge on any atom is 0.316 e. The molecule has 0 saturated heterocycles. The van der Waals surface area contributed by atoms with Crippen LogP contribution in [-0.4, -0.2) is 76.9 Å². The number of hydrogen-bond donors (Lipinski definition) is 0. The lowest BCUT2D eigenvalue weighted by Gasteiger charge is -2.04. The summed E-state index contributed by atoms with van der Waals surface area (Å²) < 4.78 is 19.9. The standard InChI is InChI=1S/C8H18O4.Mg.2H/c1-9-3-5-11-7-8-12-6-4-10-2;;;/h3-8H2,1-2H3;;;. The molecule has 78 valence electrons. The number of methoxy groups -OCH3 is 2. The quantitative estimate of drug-likeness (QED) is 0.371. The maximum atomic E-state index is 5.16. The Morgan fingerprint density at radius 1 is 0.615 bits per heavy atom. The summed E-state index contributed by atoms with van der Waals surface area (Å²) in [6.07, 6.45) is 0. The fourth-order valence-corrected chi connectivity index (χ4v) is 0.606. The van der Waals surface area contributed by atoms with Gasteiger partial charge in [0.2, 0.25) is 0 Å². The van der Waals surface area contributed by atoms with Crippen molar-refractivity contribution in [3.05, 3.63) is 0 Å². The van der Waals surface area contributed by atoms with Crippen LogP contribution in [0.1, 0.15) is 0 Å². The molecule has 0 unspecified atom stereocenters. The van der Waals surface area contributed by atoms with E-state index in [2.05, 4.69) is 0 Å². The first-order chi connectivity index (χ1) is 5.91. The van der Waals surface area contributed by atoms with Gasteiger partial charge in [0.15, 0.2) is 0 Å². The zero-order valence-electron chi connectivity index (χ0n) is 7.88. The predicted octanol–water partition coefficient (Wildman–Crippen LogP) is -0.604. The fourth-order valence-electron chi connectivity index (χ4n) is 0.606. The highest BCUT2D eigenvalue weighted by atomic mass is 24.3. The van der Waals surface area contributed by atoms with Crippen LogP contribution in [0.4, 0.5) is 0 Å². The molecule has 0 heterocycles. The Hall–Kier alpha value is 0.606. The van der Waals surface area contributed by atoms with E-state index in [4.69, 9.17) is 18.9 Å². The van der Waals surface area contributed by atoms with Gasteiger partial charge >= 0.3 is 23.1 Å². The molecule has 0 radical (unpaired) electrons. The van der Waals surface area contributed by atoms with Gasteiger partial charge in [0.1, 0.15) is 0 Å². The minimum Gasteiger partial charge on any atom is -0.382 e. The molecule has 0 aliphatic heterocycles. The lowest BCUT2D eigenvalue weighted by atomic mass is 10.7. The Morgan fingerprint density at radius 3 is 1.23 bits per heavy atom. The molecule has 0 aliphatic rings. The average molecular weight is 205 g/mol. The highest BCUT2D eigenvalue weighted by Gasteiger charge is 1.88. The topological polar surface area (TPSA) is 36.9 Å². The van der Waals surface area contributed by atoms with E-state index in [0.717, 1.165) is 0 Å². The molecule has 0 fully saturated rings. The van der Waals surface area contributed by atoms with Gasteiger partial charge in [-0.3, -0.25) is 0 Å². The van der Waals surface area contributed by atoms with Gasteiger partial charge in [-0.15, -0.1) is 0 Å². The Balaban J connectivity index is 0. The van der Waals surface area contributed by atoms with Crippen LogP contribution in [0.25, 0.3) is 0 Å². The van der Waals surface area contributed by atoms with Gasteiger partial charge in [-0.2, -0.15) is 0 Å². The van der Waals surface area contributed by atoms with Crippen molar-refractivity contribution in [1.82, 2.24) is 0 Å². The Morgan fingerprint density at radius 2 is 0.923 bits per heavy atom. The highest BCUT2D eigenvalue weighted by molar-refractivity contribution is 5.75. The normalized spacial score (nSPS) is 9.69. The van der Waals surface area contributed by atoms with E-state index in [1.54, 1.807) is 14.2 Å². The van der Waals surface area contributed by atoms with Crippen LogP contribution < -0.4 is 0 Å². The van der Waals surface area contributed by atoms with Crippen molar-refractivity contribution in [2.45, 2.75) is 0 Å². The molecule has 0 aromatic rings. The van der Waals surface area contributed by atoms with Crippen molar-refractivity contribution in [3.8, 4) is 0 Å². The van der Waals surface area contributed by atoms with Gasteiger partial charge < -0.3 is 18.9 Å². The molecule has 0 aromatic heterocycles. The van der Waals surface area contributed by atoms with Crippen LogP contribution in [0.2, 0.25) is 0 Å². The van der Waals surface area contributed by atoms with Gasteiger partial charge in [0.05, 0.1) is 39.6 Å². The number of hydrogen-bond acceptors (Lipinski definition) is 4. The summed E-state index contributed by atoms with van der Waals surface area (Å²) in [5, 5.41) is 0. The van der Waals surface area contributed by atoms with Crippen molar-refractivity contribution in [3.63, 3.8) is 0 Å². The zero-order chi connectivity index (χ0) is 9.07. The third kappa shape index (κ3) is 15.4. The minimum absolute atomic E-state index is 0. The molecule has 0 amide bonds. The molecule has 0 aromatic carbocycles. The van der Waals surface area contributed by atoms with E-state index >= 15 is 0 Å². The zero-order valence-corrected chi connectivity index (χ0v) is 7.88. The van der Waals surface area contributed by atoms with Gasteiger partial charge in [-0.25, -0.2) is 0 Å². The lowest BCUT2D eigenvalue weighted by Crippen LogP contribution is -2.10. The Bertz CT molecular complexity index is 72.5. The Labute approximate surface area is 96.0 Å². The van der Waals surface area contributed by atoms with Crippen LogP contribution in [0.3, 0.4) is 0 Å². The SMILES string of the molecule is COCCOCCOCCOC.[MgH2]. The van der Waals surface area contributed by atoms with E-state index in [-0.39, 0.29) is 23.1 Å². The van der Waals surface area contributed by atoms with Crippen molar-refractivity contribution in [1.29, 1.82) is 0 Å².